The van der Waals surface area contributed by atoms with E-state index < -0.39 is 0 Å². The monoisotopic (exact) mass is 265 g/mol. The predicted molar refractivity (Wildman–Crippen MR) is 73.1 cm³/mol. The molecule has 5 heteroatoms. The van der Waals surface area contributed by atoms with E-state index in [4.69, 9.17) is 17.4 Å². The second kappa shape index (κ2) is 5.91. The summed E-state index contributed by atoms with van der Waals surface area (Å²) in [5.41, 5.74) is 4.42. The summed E-state index contributed by atoms with van der Waals surface area (Å²) in [6.45, 7) is 0. The highest BCUT2D eigenvalue weighted by atomic mass is 35.5. The Hall–Kier alpha value is -1.23. The summed E-state index contributed by atoms with van der Waals surface area (Å²) in [5.74, 6) is 6.11. The van der Waals surface area contributed by atoms with Crippen LogP contribution in [0.15, 0.2) is 47.5 Å². The molecule has 0 saturated carbocycles. The first-order valence-corrected chi connectivity index (χ1v) is 6.45. The zero-order chi connectivity index (χ0) is 12.1. The molecule has 0 spiro atoms. The van der Waals surface area contributed by atoms with Gasteiger partial charge >= 0.3 is 0 Å². The fourth-order valence-electron chi connectivity index (χ4n) is 1.36. The van der Waals surface area contributed by atoms with Crippen LogP contribution in [0, 0.1) is 0 Å². The number of benzene rings is 1. The molecule has 17 heavy (non-hydrogen) atoms. The van der Waals surface area contributed by atoms with Crippen LogP contribution in [0.3, 0.4) is 0 Å². The number of nitrogen functional groups attached to an aromatic ring is 1. The molecule has 3 N–H and O–H groups in total. The van der Waals surface area contributed by atoms with Crippen molar-refractivity contribution in [1.29, 1.82) is 0 Å². The van der Waals surface area contributed by atoms with Crippen LogP contribution in [0.2, 0.25) is 5.02 Å². The van der Waals surface area contributed by atoms with Gasteiger partial charge in [-0.05, 0) is 24.3 Å². The summed E-state index contributed by atoms with van der Waals surface area (Å²) < 4.78 is 0. The first-order valence-electron chi connectivity index (χ1n) is 5.08. The van der Waals surface area contributed by atoms with Gasteiger partial charge in [-0.1, -0.05) is 23.7 Å². The lowest BCUT2D eigenvalue weighted by atomic mass is 10.3. The Morgan fingerprint density at radius 2 is 2.12 bits per heavy atom. The maximum atomic E-state index is 6.08. The Morgan fingerprint density at radius 3 is 2.88 bits per heavy atom. The fraction of sp³-hybridized carbons (Fsp3) is 0.0833. The molecule has 0 aliphatic carbocycles. The zero-order valence-electron chi connectivity index (χ0n) is 9.06. The van der Waals surface area contributed by atoms with Crippen LogP contribution in [-0.4, -0.2) is 4.98 Å². The van der Waals surface area contributed by atoms with Crippen molar-refractivity contribution in [2.24, 2.45) is 5.84 Å². The van der Waals surface area contributed by atoms with E-state index in [1.54, 1.807) is 18.0 Å². The van der Waals surface area contributed by atoms with Crippen molar-refractivity contribution in [1.82, 2.24) is 4.98 Å². The second-order valence-electron chi connectivity index (χ2n) is 3.40. The molecule has 2 aromatic rings. The number of nitrogens with one attached hydrogen (secondary N) is 1. The molecule has 0 fully saturated rings. The minimum atomic E-state index is 0.763. The SMILES string of the molecule is NNc1ccnc(CSc2ccccc2Cl)c1. The van der Waals surface area contributed by atoms with Crippen LogP contribution < -0.4 is 11.3 Å². The summed E-state index contributed by atoms with van der Waals surface area (Å²) in [6, 6.07) is 11.5. The maximum Gasteiger partial charge on any atom is 0.0541 e. The predicted octanol–water partition coefficient (Wildman–Crippen LogP) is 3.31. The molecule has 0 aliphatic heterocycles. The van der Waals surface area contributed by atoms with E-state index in [2.05, 4.69) is 10.4 Å². The number of pyridine rings is 1. The van der Waals surface area contributed by atoms with Crippen LogP contribution in [0.1, 0.15) is 5.69 Å². The largest absolute Gasteiger partial charge is 0.324 e. The first kappa shape index (κ1) is 12.2. The van der Waals surface area contributed by atoms with Gasteiger partial charge in [0.1, 0.15) is 0 Å². The molecule has 2 rings (SSSR count). The molecule has 0 unspecified atom stereocenters. The van der Waals surface area contributed by atoms with Crippen LogP contribution >= 0.6 is 23.4 Å². The van der Waals surface area contributed by atoms with Crippen molar-refractivity contribution in [3.63, 3.8) is 0 Å². The standard InChI is InChI=1S/C12H12ClN3S/c13-11-3-1-2-4-12(11)17-8-10-7-9(16-14)5-6-15-10/h1-7H,8,14H2,(H,15,16). The number of aromatic nitrogens is 1. The van der Waals surface area contributed by atoms with Crippen molar-refractivity contribution in [3.8, 4) is 0 Å². The van der Waals surface area contributed by atoms with Crippen LogP contribution in [0.4, 0.5) is 5.69 Å². The van der Waals surface area contributed by atoms with E-state index in [1.807, 2.05) is 36.4 Å². The number of thioether (sulfide) groups is 1. The summed E-state index contributed by atoms with van der Waals surface area (Å²) in [6.07, 6.45) is 1.73. The molecule has 88 valence electrons. The Morgan fingerprint density at radius 1 is 1.29 bits per heavy atom. The molecular formula is C12H12ClN3S. The topological polar surface area (TPSA) is 50.9 Å². The Balaban J connectivity index is 2.05. The molecular weight excluding hydrogens is 254 g/mol. The van der Waals surface area contributed by atoms with Crippen molar-refractivity contribution in [2.45, 2.75) is 10.6 Å². The lowest BCUT2D eigenvalue weighted by Gasteiger charge is -2.05. The number of anilines is 1. The first-order chi connectivity index (χ1) is 8.29. The minimum absolute atomic E-state index is 0.763. The van der Waals surface area contributed by atoms with Crippen molar-refractivity contribution < 1.29 is 0 Å². The summed E-state index contributed by atoms with van der Waals surface area (Å²) in [7, 11) is 0. The molecule has 0 atom stereocenters. The number of hydrogen-bond acceptors (Lipinski definition) is 4. The Bertz CT molecular complexity index is 505. The third-order valence-electron chi connectivity index (χ3n) is 2.20. The van der Waals surface area contributed by atoms with Crippen molar-refractivity contribution >= 4 is 29.1 Å². The minimum Gasteiger partial charge on any atom is -0.324 e. The van der Waals surface area contributed by atoms with E-state index in [0.29, 0.717) is 0 Å². The number of nitrogens with two attached hydrogens (primary N) is 1. The summed E-state index contributed by atoms with van der Waals surface area (Å²) in [5, 5.41) is 0.769. The number of halogens is 1. The third kappa shape index (κ3) is 3.36. The van der Waals surface area contributed by atoms with Gasteiger partial charge in [0.2, 0.25) is 0 Å². The van der Waals surface area contributed by atoms with E-state index in [0.717, 1.165) is 27.1 Å². The molecule has 3 nitrogen and oxygen atoms in total. The van der Waals surface area contributed by atoms with E-state index >= 15 is 0 Å². The van der Waals surface area contributed by atoms with Gasteiger partial charge in [0.15, 0.2) is 0 Å². The highest BCUT2D eigenvalue weighted by Crippen LogP contribution is 2.29. The van der Waals surface area contributed by atoms with Crippen LogP contribution in [-0.2, 0) is 5.75 Å². The maximum absolute atomic E-state index is 6.08. The quantitative estimate of drug-likeness (QED) is 0.506. The van der Waals surface area contributed by atoms with Gasteiger partial charge in [-0.15, -0.1) is 11.8 Å². The molecule has 1 heterocycles. The number of hydrogen-bond donors (Lipinski definition) is 2. The van der Waals surface area contributed by atoms with Gasteiger partial charge in [0.25, 0.3) is 0 Å². The van der Waals surface area contributed by atoms with Crippen molar-refractivity contribution in [2.75, 3.05) is 5.43 Å². The van der Waals surface area contributed by atoms with Crippen molar-refractivity contribution in [3.05, 3.63) is 53.3 Å². The molecule has 0 radical (unpaired) electrons. The smallest absolute Gasteiger partial charge is 0.0541 e. The average molecular weight is 266 g/mol. The lowest BCUT2D eigenvalue weighted by molar-refractivity contribution is 1.16. The average Bonchev–Trinajstić information content (AvgIpc) is 2.38. The van der Waals surface area contributed by atoms with Gasteiger partial charge in [-0.3, -0.25) is 10.8 Å². The molecule has 0 bridgehead atoms. The van der Waals surface area contributed by atoms with Gasteiger partial charge < -0.3 is 5.43 Å². The molecule has 0 amide bonds. The Kier molecular flexibility index (Phi) is 4.25. The van der Waals surface area contributed by atoms with Crippen LogP contribution in [0.5, 0.6) is 0 Å². The number of hydrazine groups is 1. The van der Waals surface area contributed by atoms with E-state index in [9.17, 15) is 0 Å². The fourth-order valence-corrected chi connectivity index (χ4v) is 2.50. The highest BCUT2D eigenvalue weighted by molar-refractivity contribution is 7.98. The van der Waals surface area contributed by atoms with Gasteiger partial charge in [-0.2, -0.15) is 0 Å². The number of nitrogens with zero attached hydrogens (tertiary/aromatic N) is 1. The molecule has 0 saturated heterocycles. The van der Waals surface area contributed by atoms with Gasteiger partial charge in [-0.25, -0.2) is 0 Å². The summed E-state index contributed by atoms with van der Waals surface area (Å²) in [4.78, 5) is 5.33. The number of rotatable bonds is 4. The van der Waals surface area contributed by atoms with Gasteiger partial charge in [0.05, 0.1) is 16.4 Å². The van der Waals surface area contributed by atoms with E-state index in [-0.39, 0.29) is 0 Å². The molecule has 0 aliphatic rings. The Labute approximate surface area is 109 Å². The van der Waals surface area contributed by atoms with Crippen LogP contribution in [0.25, 0.3) is 0 Å². The normalized spacial score (nSPS) is 10.2. The highest BCUT2D eigenvalue weighted by Gasteiger charge is 2.02. The molecule has 1 aromatic carbocycles. The second-order valence-corrected chi connectivity index (χ2v) is 4.82. The lowest BCUT2D eigenvalue weighted by Crippen LogP contribution is -2.07. The third-order valence-corrected chi connectivity index (χ3v) is 3.74. The van der Waals surface area contributed by atoms with Gasteiger partial charge in [0, 0.05) is 16.8 Å². The summed E-state index contributed by atoms with van der Waals surface area (Å²) >= 11 is 7.73. The van der Waals surface area contributed by atoms with E-state index in [1.165, 1.54) is 0 Å². The molecule has 1 aromatic heterocycles. The zero-order valence-corrected chi connectivity index (χ0v) is 10.6.